The van der Waals surface area contributed by atoms with E-state index in [0.29, 0.717) is 4.88 Å². The minimum atomic E-state index is -0.837. The molecule has 0 unspecified atom stereocenters. The van der Waals surface area contributed by atoms with Crippen molar-refractivity contribution in [2.75, 3.05) is 5.75 Å². The first kappa shape index (κ1) is 13.2. The van der Waals surface area contributed by atoms with Crippen LogP contribution in [-0.4, -0.2) is 16.8 Å². The number of rotatable bonds is 6. The van der Waals surface area contributed by atoms with Crippen LogP contribution in [0.2, 0.25) is 0 Å². The summed E-state index contributed by atoms with van der Waals surface area (Å²) in [7, 11) is 0. The molecule has 1 N–H and O–H groups in total. The number of thiophene rings is 1. The molecule has 0 aliphatic carbocycles. The summed E-state index contributed by atoms with van der Waals surface area (Å²) in [5, 5.41) is 10.7. The minimum Gasteiger partial charge on any atom is -0.477 e. The van der Waals surface area contributed by atoms with Gasteiger partial charge in [-0.05, 0) is 30.2 Å². The Bertz CT molecular complexity index is 506. The van der Waals surface area contributed by atoms with Gasteiger partial charge in [0.15, 0.2) is 0 Å². The molecule has 0 aliphatic rings. The molecule has 0 aliphatic heterocycles. The molecule has 2 rings (SSSR count). The molecule has 0 radical (unpaired) electrons. The lowest BCUT2D eigenvalue weighted by Gasteiger charge is -2.00. The first-order chi connectivity index (χ1) is 8.75. The molecule has 0 spiro atoms. The van der Waals surface area contributed by atoms with Crippen LogP contribution in [0.15, 0.2) is 46.7 Å². The molecule has 0 fully saturated rings. The maximum atomic E-state index is 10.7. The summed E-state index contributed by atoms with van der Waals surface area (Å²) < 4.78 is 0. The van der Waals surface area contributed by atoms with Crippen molar-refractivity contribution in [2.45, 2.75) is 17.7 Å². The number of aryl methyl sites for hydroxylation is 1. The van der Waals surface area contributed by atoms with Gasteiger partial charge in [0.05, 0.1) is 0 Å². The van der Waals surface area contributed by atoms with Crippen molar-refractivity contribution in [3.05, 3.63) is 52.2 Å². The van der Waals surface area contributed by atoms with Crippen molar-refractivity contribution in [2.24, 2.45) is 0 Å². The number of carbonyl (C=O) groups is 1. The first-order valence-electron chi connectivity index (χ1n) is 5.74. The smallest absolute Gasteiger partial charge is 0.345 e. The Hall–Kier alpha value is -1.26. The lowest BCUT2D eigenvalue weighted by Crippen LogP contribution is -1.90. The zero-order chi connectivity index (χ0) is 12.8. The number of carboxylic acid groups (broad SMARTS) is 1. The van der Waals surface area contributed by atoms with Gasteiger partial charge in [0.25, 0.3) is 0 Å². The second-order valence-corrected chi connectivity index (χ2v) is 5.97. The summed E-state index contributed by atoms with van der Waals surface area (Å²) in [5.41, 5.74) is 1.36. The fourth-order valence-electron chi connectivity index (χ4n) is 1.62. The van der Waals surface area contributed by atoms with E-state index in [0.717, 1.165) is 23.5 Å². The molecular formula is C14H14O2S2. The monoisotopic (exact) mass is 278 g/mol. The third-order valence-corrected chi connectivity index (χ3v) is 4.64. The molecule has 18 heavy (non-hydrogen) atoms. The van der Waals surface area contributed by atoms with Gasteiger partial charge in [0, 0.05) is 10.3 Å². The number of carboxylic acids is 1. The Balaban J connectivity index is 1.73. The Kier molecular flexibility index (Phi) is 4.84. The van der Waals surface area contributed by atoms with Crippen molar-refractivity contribution in [3.63, 3.8) is 0 Å². The van der Waals surface area contributed by atoms with Gasteiger partial charge in [-0.25, -0.2) is 4.79 Å². The quantitative estimate of drug-likeness (QED) is 0.636. The predicted molar refractivity (Wildman–Crippen MR) is 76.8 cm³/mol. The largest absolute Gasteiger partial charge is 0.477 e. The Morgan fingerprint density at radius 3 is 2.72 bits per heavy atom. The number of benzene rings is 1. The van der Waals surface area contributed by atoms with E-state index in [1.807, 2.05) is 11.4 Å². The van der Waals surface area contributed by atoms with Crippen LogP contribution in [0.5, 0.6) is 0 Å². The lowest BCUT2D eigenvalue weighted by molar-refractivity contribution is 0.0702. The molecule has 0 amide bonds. The van der Waals surface area contributed by atoms with Crippen LogP contribution in [0.4, 0.5) is 0 Å². The van der Waals surface area contributed by atoms with Crippen molar-refractivity contribution >= 4 is 29.1 Å². The van der Waals surface area contributed by atoms with E-state index in [9.17, 15) is 4.79 Å². The molecule has 1 aromatic heterocycles. The highest BCUT2D eigenvalue weighted by atomic mass is 32.2. The van der Waals surface area contributed by atoms with E-state index in [4.69, 9.17) is 5.11 Å². The van der Waals surface area contributed by atoms with Gasteiger partial charge in [-0.1, -0.05) is 30.3 Å². The minimum absolute atomic E-state index is 0.417. The zero-order valence-electron chi connectivity index (χ0n) is 9.83. The third-order valence-electron chi connectivity index (χ3n) is 2.51. The Labute approximate surface area is 115 Å². The van der Waals surface area contributed by atoms with Gasteiger partial charge in [-0.3, -0.25) is 0 Å². The SMILES string of the molecule is O=C(O)c1cc(SCCCc2ccccc2)cs1. The van der Waals surface area contributed by atoms with Crippen LogP contribution < -0.4 is 0 Å². The summed E-state index contributed by atoms with van der Waals surface area (Å²) in [5.74, 6) is 0.182. The van der Waals surface area contributed by atoms with Crippen LogP contribution >= 0.6 is 23.1 Å². The van der Waals surface area contributed by atoms with E-state index >= 15 is 0 Å². The highest BCUT2D eigenvalue weighted by Gasteiger charge is 2.06. The fraction of sp³-hybridized carbons (Fsp3) is 0.214. The highest BCUT2D eigenvalue weighted by Crippen LogP contribution is 2.25. The standard InChI is InChI=1S/C14H14O2S2/c15-14(16)13-9-12(10-18-13)17-8-4-7-11-5-2-1-3-6-11/h1-3,5-6,9-10H,4,7-8H2,(H,15,16). The van der Waals surface area contributed by atoms with Gasteiger partial charge in [0.2, 0.25) is 0 Å². The highest BCUT2D eigenvalue weighted by molar-refractivity contribution is 7.99. The molecule has 94 valence electrons. The molecule has 2 aromatic rings. The maximum absolute atomic E-state index is 10.7. The molecule has 4 heteroatoms. The number of hydrogen-bond donors (Lipinski definition) is 1. The van der Waals surface area contributed by atoms with Crippen molar-refractivity contribution < 1.29 is 9.90 Å². The van der Waals surface area contributed by atoms with Crippen LogP contribution in [0, 0.1) is 0 Å². The average Bonchev–Trinajstić information content (AvgIpc) is 2.85. The topological polar surface area (TPSA) is 37.3 Å². The van der Waals surface area contributed by atoms with E-state index in [-0.39, 0.29) is 0 Å². The summed E-state index contributed by atoms with van der Waals surface area (Å²) in [4.78, 5) is 12.2. The average molecular weight is 278 g/mol. The zero-order valence-corrected chi connectivity index (χ0v) is 11.5. The Morgan fingerprint density at radius 1 is 1.28 bits per heavy atom. The Morgan fingerprint density at radius 2 is 2.06 bits per heavy atom. The molecule has 2 nitrogen and oxygen atoms in total. The molecule has 1 aromatic carbocycles. The summed E-state index contributed by atoms with van der Waals surface area (Å²) in [6, 6.07) is 12.2. The van der Waals surface area contributed by atoms with Gasteiger partial charge in [-0.2, -0.15) is 0 Å². The second-order valence-electron chi connectivity index (χ2n) is 3.89. The summed E-state index contributed by atoms with van der Waals surface area (Å²) in [6.07, 6.45) is 2.18. The van der Waals surface area contributed by atoms with Crippen LogP contribution in [0.1, 0.15) is 21.7 Å². The van der Waals surface area contributed by atoms with E-state index < -0.39 is 5.97 Å². The van der Waals surface area contributed by atoms with Gasteiger partial charge < -0.3 is 5.11 Å². The molecule has 1 heterocycles. The van der Waals surface area contributed by atoms with Crippen LogP contribution in [-0.2, 0) is 6.42 Å². The van der Waals surface area contributed by atoms with Gasteiger partial charge in [-0.15, -0.1) is 23.1 Å². The summed E-state index contributed by atoms with van der Waals surface area (Å²) >= 11 is 3.02. The maximum Gasteiger partial charge on any atom is 0.345 e. The molecule has 0 bridgehead atoms. The third kappa shape index (κ3) is 3.89. The fourth-order valence-corrected chi connectivity index (χ4v) is 3.44. The second kappa shape index (κ2) is 6.61. The number of hydrogen-bond acceptors (Lipinski definition) is 3. The molecular weight excluding hydrogens is 264 g/mol. The van der Waals surface area contributed by atoms with Crippen molar-refractivity contribution in [1.82, 2.24) is 0 Å². The lowest BCUT2D eigenvalue weighted by atomic mass is 10.1. The van der Waals surface area contributed by atoms with E-state index in [2.05, 4.69) is 24.3 Å². The summed E-state index contributed by atoms with van der Waals surface area (Å²) in [6.45, 7) is 0. The van der Waals surface area contributed by atoms with E-state index in [1.54, 1.807) is 17.8 Å². The first-order valence-corrected chi connectivity index (χ1v) is 7.61. The van der Waals surface area contributed by atoms with Crippen LogP contribution in [0.25, 0.3) is 0 Å². The predicted octanol–water partition coefficient (Wildman–Crippen LogP) is 4.17. The number of aromatic carboxylic acids is 1. The van der Waals surface area contributed by atoms with Gasteiger partial charge in [0.1, 0.15) is 4.88 Å². The van der Waals surface area contributed by atoms with E-state index in [1.165, 1.54) is 16.9 Å². The molecule has 0 saturated heterocycles. The normalized spacial score (nSPS) is 10.4. The number of thioether (sulfide) groups is 1. The van der Waals surface area contributed by atoms with Crippen molar-refractivity contribution in [3.8, 4) is 0 Å². The molecule has 0 atom stereocenters. The van der Waals surface area contributed by atoms with Crippen molar-refractivity contribution in [1.29, 1.82) is 0 Å². The van der Waals surface area contributed by atoms with Gasteiger partial charge >= 0.3 is 5.97 Å². The van der Waals surface area contributed by atoms with Crippen LogP contribution in [0.3, 0.4) is 0 Å². The molecule has 0 saturated carbocycles.